The van der Waals surface area contributed by atoms with E-state index in [-0.39, 0.29) is 0 Å². The molecule has 1 aliphatic heterocycles. The van der Waals surface area contributed by atoms with Crippen molar-refractivity contribution in [2.45, 2.75) is 0 Å². The van der Waals surface area contributed by atoms with Crippen LogP contribution in [0, 0.1) is 0 Å². The van der Waals surface area contributed by atoms with Gasteiger partial charge in [-0.1, -0.05) is 0 Å². The van der Waals surface area contributed by atoms with Crippen LogP contribution in [0.3, 0.4) is 0 Å². The van der Waals surface area contributed by atoms with Crippen LogP contribution in [-0.2, 0) is 0 Å². The Morgan fingerprint density at radius 2 is 1.85 bits per heavy atom. The smallest absolute Gasteiger partial charge is 0.231 e. The lowest BCUT2D eigenvalue weighted by Crippen LogP contribution is -1.92. The fourth-order valence-corrected chi connectivity index (χ4v) is 1.48. The van der Waals surface area contributed by atoms with Gasteiger partial charge in [0, 0.05) is 17.8 Å². The molecule has 1 aliphatic rings. The van der Waals surface area contributed by atoms with E-state index in [0.717, 1.165) is 22.3 Å². The summed E-state index contributed by atoms with van der Waals surface area (Å²) in [5.74, 6) is 1.62. The summed E-state index contributed by atoms with van der Waals surface area (Å²) < 4.78 is 10.5. The largest absolute Gasteiger partial charge is 0.454 e. The highest BCUT2D eigenvalue weighted by Crippen LogP contribution is 2.35. The molecule has 0 spiro atoms. The Morgan fingerprint density at radius 1 is 1.08 bits per heavy atom. The van der Waals surface area contributed by atoms with Crippen molar-refractivity contribution in [3.8, 4) is 11.5 Å². The zero-order valence-corrected chi connectivity index (χ0v) is 6.86. The third-order valence-electron chi connectivity index (χ3n) is 2.13. The Kier molecular flexibility index (Phi) is 1.22. The molecule has 0 aliphatic carbocycles. The fraction of sp³-hybridized carbons (Fsp3) is 0.100. The molecule has 64 valence electrons. The minimum atomic E-state index is 0.319. The molecule has 0 fully saturated rings. The van der Waals surface area contributed by atoms with Gasteiger partial charge in [0.05, 0.1) is 0 Å². The van der Waals surface area contributed by atoms with Gasteiger partial charge >= 0.3 is 0 Å². The number of hydrogen-bond acceptors (Lipinski definition) is 3. The summed E-state index contributed by atoms with van der Waals surface area (Å²) >= 11 is 0. The van der Waals surface area contributed by atoms with Crippen molar-refractivity contribution < 1.29 is 9.47 Å². The molecule has 0 saturated heterocycles. The molecular formula is C10H7NO2. The minimum Gasteiger partial charge on any atom is -0.454 e. The van der Waals surface area contributed by atoms with E-state index in [1.807, 2.05) is 24.4 Å². The third kappa shape index (κ3) is 0.935. The predicted molar refractivity (Wildman–Crippen MR) is 47.9 cm³/mol. The van der Waals surface area contributed by atoms with Crippen LogP contribution in [0.1, 0.15) is 0 Å². The van der Waals surface area contributed by atoms with Crippen molar-refractivity contribution >= 4 is 10.8 Å². The van der Waals surface area contributed by atoms with Gasteiger partial charge in [0.25, 0.3) is 0 Å². The second kappa shape index (κ2) is 2.36. The number of pyridine rings is 1. The molecule has 0 atom stereocenters. The fourth-order valence-electron chi connectivity index (χ4n) is 1.48. The maximum absolute atomic E-state index is 5.26. The summed E-state index contributed by atoms with van der Waals surface area (Å²) in [6, 6.07) is 5.88. The highest BCUT2D eigenvalue weighted by Gasteiger charge is 2.13. The van der Waals surface area contributed by atoms with Crippen LogP contribution in [-0.4, -0.2) is 11.8 Å². The van der Waals surface area contributed by atoms with Crippen LogP contribution in [0.4, 0.5) is 0 Å². The average molecular weight is 173 g/mol. The van der Waals surface area contributed by atoms with Gasteiger partial charge in [-0.05, 0) is 23.6 Å². The van der Waals surface area contributed by atoms with Gasteiger partial charge in [-0.2, -0.15) is 0 Å². The van der Waals surface area contributed by atoms with Crippen molar-refractivity contribution in [2.24, 2.45) is 0 Å². The highest BCUT2D eigenvalue weighted by atomic mass is 16.7. The summed E-state index contributed by atoms with van der Waals surface area (Å²) in [5.41, 5.74) is 0. The average Bonchev–Trinajstić information content (AvgIpc) is 2.61. The Morgan fingerprint density at radius 3 is 2.69 bits per heavy atom. The Labute approximate surface area is 74.9 Å². The van der Waals surface area contributed by atoms with E-state index >= 15 is 0 Å². The molecule has 3 rings (SSSR count). The molecule has 3 nitrogen and oxygen atoms in total. The van der Waals surface area contributed by atoms with E-state index in [0.29, 0.717) is 6.79 Å². The van der Waals surface area contributed by atoms with Crippen molar-refractivity contribution in [2.75, 3.05) is 6.79 Å². The van der Waals surface area contributed by atoms with Gasteiger partial charge in [0.1, 0.15) is 0 Å². The van der Waals surface area contributed by atoms with E-state index in [2.05, 4.69) is 4.98 Å². The predicted octanol–water partition coefficient (Wildman–Crippen LogP) is 1.96. The van der Waals surface area contributed by atoms with Gasteiger partial charge in [-0.15, -0.1) is 0 Å². The summed E-state index contributed by atoms with van der Waals surface area (Å²) in [7, 11) is 0. The first-order valence-corrected chi connectivity index (χ1v) is 4.07. The van der Waals surface area contributed by atoms with Crippen molar-refractivity contribution in [1.29, 1.82) is 0 Å². The van der Waals surface area contributed by atoms with Crippen LogP contribution in [0.25, 0.3) is 10.8 Å². The lowest BCUT2D eigenvalue weighted by atomic mass is 10.1. The normalized spacial score (nSPS) is 13.5. The van der Waals surface area contributed by atoms with Gasteiger partial charge in [-0.3, -0.25) is 4.98 Å². The molecule has 0 radical (unpaired) electrons. The molecule has 1 aromatic carbocycles. The number of rotatable bonds is 0. The Hall–Kier alpha value is -1.77. The third-order valence-corrected chi connectivity index (χ3v) is 2.13. The number of ether oxygens (including phenoxy) is 2. The molecule has 1 aromatic heterocycles. The first-order valence-electron chi connectivity index (χ1n) is 4.07. The van der Waals surface area contributed by atoms with Crippen molar-refractivity contribution in [1.82, 2.24) is 4.98 Å². The number of nitrogens with zero attached hydrogens (tertiary/aromatic N) is 1. The molecule has 0 N–H and O–H groups in total. The van der Waals surface area contributed by atoms with Crippen LogP contribution < -0.4 is 9.47 Å². The van der Waals surface area contributed by atoms with Crippen molar-refractivity contribution in [3.63, 3.8) is 0 Å². The molecule has 2 heterocycles. The topological polar surface area (TPSA) is 31.4 Å². The number of fused-ring (bicyclic) bond motifs is 2. The van der Waals surface area contributed by atoms with E-state index in [1.165, 1.54) is 0 Å². The second-order valence-corrected chi connectivity index (χ2v) is 2.93. The lowest BCUT2D eigenvalue weighted by molar-refractivity contribution is 0.174. The number of hydrogen-bond donors (Lipinski definition) is 0. The SMILES string of the molecule is c1cc2cc3c(cc2cn1)OCO3. The zero-order valence-electron chi connectivity index (χ0n) is 6.86. The first-order chi connectivity index (χ1) is 6.43. The van der Waals surface area contributed by atoms with E-state index < -0.39 is 0 Å². The molecule has 13 heavy (non-hydrogen) atoms. The first kappa shape index (κ1) is 6.71. The Balaban J connectivity index is 2.36. The monoisotopic (exact) mass is 173 g/mol. The zero-order chi connectivity index (χ0) is 8.67. The van der Waals surface area contributed by atoms with Crippen molar-refractivity contribution in [3.05, 3.63) is 30.6 Å². The number of benzene rings is 1. The molecular weight excluding hydrogens is 166 g/mol. The maximum atomic E-state index is 5.26. The van der Waals surface area contributed by atoms with Gasteiger partial charge in [-0.25, -0.2) is 0 Å². The molecule has 0 amide bonds. The van der Waals surface area contributed by atoms with E-state index in [1.54, 1.807) is 6.20 Å². The van der Waals surface area contributed by atoms with Gasteiger partial charge in [0.15, 0.2) is 11.5 Å². The lowest BCUT2D eigenvalue weighted by Gasteiger charge is -1.98. The van der Waals surface area contributed by atoms with E-state index in [4.69, 9.17) is 9.47 Å². The second-order valence-electron chi connectivity index (χ2n) is 2.93. The molecule has 0 unspecified atom stereocenters. The summed E-state index contributed by atoms with van der Waals surface area (Å²) in [4.78, 5) is 4.04. The maximum Gasteiger partial charge on any atom is 0.231 e. The summed E-state index contributed by atoms with van der Waals surface area (Å²) in [6.45, 7) is 0.319. The van der Waals surface area contributed by atoms with Gasteiger partial charge in [0.2, 0.25) is 6.79 Å². The standard InChI is InChI=1S/C10H7NO2/c1-2-11-5-8-4-10-9(3-7(1)8)12-6-13-10/h1-5H,6H2. The van der Waals surface area contributed by atoms with Gasteiger partial charge < -0.3 is 9.47 Å². The number of aromatic nitrogens is 1. The van der Waals surface area contributed by atoms with Crippen LogP contribution in [0.15, 0.2) is 30.6 Å². The molecule has 0 bridgehead atoms. The van der Waals surface area contributed by atoms with E-state index in [9.17, 15) is 0 Å². The van der Waals surface area contributed by atoms with Crippen LogP contribution in [0.5, 0.6) is 11.5 Å². The minimum absolute atomic E-state index is 0.319. The highest BCUT2D eigenvalue weighted by molar-refractivity contribution is 5.85. The molecule has 0 saturated carbocycles. The summed E-state index contributed by atoms with van der Waals surface area (Å²) in [6.07, 6.45) is 3.59. The Bertz CT molecular complexity index is 425. The van der Waals surface area contributed by atoms with Crippen LogP contribution in [0.2, 0.25) is 0 Å². The molecule has 2 aromatic rings. The summed E-state index contributed by atoms with van der Waals surface area (Å²) in [5, 5.41) is 2.20. The molecule has 3 heteroatoms. The van der Waals surface area contributed by atoms with Crippen LogP contribution >= 0.6 is 0 Å². The quantitative estimate of drug-likeness (QED) is 0.610.